The average Bonchev–Trinajstić information content (AvgIpc) is 1.88. The lowest BCUT2D eigenvalue weighted by atomic mass is 10.1. The van der Waals surface area contributed by atoms with Crippen LogP contribution in [0.2, 0.25) is 0 Å². The molecule has 1 aromatic rings. The van der Waals surface area contributed by atoms with E-state index in [4.69, 9.17) is 4.43 Å². The predicted molar refractivity (Wildman–Crippen MR) is 45.3 cm³/mol. The zero-order valence-corrected chi connectivity index (χ0v) is 8.56. The van der Waals surface area contributed by atoms with Crippen LogP contribution in [0, 0.1) is 19.9 Å². The number of hydrogen-bond donors (Lipinski definition) is 0. The summed E-state index contributed by atoms with van der Waals surface area (Å²) in [6, 6.07) is 6.93. The smallest absolute Gasteiger partial charge is 0.204 e. The van der Waals surface area contributed by atoms with Gasteiger partial charge in [-0.2, -0.15) is 0 Å². The first-order valence-corrected chi connectivity index (χ1v) is 4.08. The van der Waals surface area contributed by atoms with E-state index in [1.807, 2.05) is 26.0 Å². The maximum atomic E-state index is 5.29. The molecule has 1 radical (unpaired) electrons. The van der Waals surface area contributed by atoms with Gasteiger partial charge in [-0.05, 0) is 43.2 Å². The van der Waals surface area contributed by atoms with E-state index in [9.17, 15) is 0 Å². The van der Waals surface area contributed by atoms with Crippen LogP contribution in [-0.4, -0.2) is 10.5 Å². The van der Waals surface area contributed by atoms with Gasteiger partial charge in [-0.3, -0.25) is 0 Å². The summed E-state index contributed by atoms with van der Waals surface area (Å²) in [5, 5.41) is 0. The fourth-order valence-electron chi connectivity index (χ4n) is 1.06. The van der Waals surface area contributed by atoms with Crippen LogP contribution in [0.25, 0.3) is 0 Å². The van der Waals surface area contributed by atoms with Crippen LogP contribution in [0.1, 0.15) is 11.1 Å². The normalized spacial score (nSPS) is 9.80. The topological polar surface area (TPSA) is 9.23 Å². The fraction of sp³-hybridized carbons (Fsp3) is 0.250. The van der Waals surface area contributed by atoms with Gasteiger partial charge < -0.3 is 4.43 Å². The van der Waals surface area contributed by atoms with E-state index < -0.39 is 0 Å². The maximum absolute atomic E-state index is 5.29. The van der Waals surface area contributed by atoms with Gasteiger partial charge in [0.2, 0.25) is 10.5 Å². The monoisotopic (exact) mass is 151 g/mol. The van der Waals surface area contributed by atoms with Crippen molar-refractivity contribution < 1.29 is 4.43 Å². The van der Waals surface area contributed by atoms with Gasteiger partial charge in [0, 0.05) is 0 Å². The third-order valence-electron chi connectivity index (χ3n) is 1.52. The van der Waals surface area contributed by atoms with Crippen LogP contribution in [0.5, 0.6) is 5.75 Å². The van der Waals surface area contributed by atoms with Crippen molar-refractivity contribution >= 4 is 10.5 Å². The molecule has 0 atom stereocenters. The largest absolute Gasteiger partial charge is 0.553 e. The molecule has 0 N–H and O–H groups in total. The average molecular weight is 151 g/mol. The molecule has 0 saturated heterocycles. The molecule has 0 unspecified atom stereocenters. The van der Waals surface area contributed by atoms with Crippen LogP contribution in [-0.2, 0) is 0 Å². The van der Waals surface area contributed by atoms with E-state index in [0.717, 1.165) is 16.2 Å². The molecule has 0 heterocycles. The predicted octanol–water partition coefficient (Wildman–Crippen LogP) is 0.763. The molecule has 1 aromatic carbocycles. The summed E-state index contributed by atoms with van der Waals surface area (Å²) in [5.41, 5.74) is 2.35. The molecule has 0 aliphatic carbocycles. The molecule has 0 spiro atoms. The summed E-state index contributed by atoms with van der Waals surface area (Å²) < 4.78 is 5.29. The molecule has 53 valence electrons. The summed E-state index contributed by atoms with van der Waals surface area (Å²) in [6.07, 6.45) is 0. The first-order valence-electron chi connectivity index (χ1n) is 3.27. The zero-order chi connectivity index (χ0) is 7.56. The van der Waals surface area contributed by atoms with E-state index in [2.05, 4.69) is 6.07 Å². The summed E-state index contributed by atoms with van der Waals surface area (Å²) >= 11 is 0. The Labute approximate surface area is 64.6 Å². The van der Waals surface area contributed by atoms with Crippen molar-refractivity contribution in [2.45, 2.75) is 13.8 Å². The number of rotatable bonds is 1. The molecule has 0 amide bonds. The minimum atomic E-state index is 0.760. The molecule has 10 heavy (non-hydrogen) atoms. The van der Waals surface area contributed by atoms with E-state index in [1.165, 1.54) is 11.1 Å². The Morgan fingerprint density at radius 2 is 1.80 bits per heavy atom. The minimum absolute atomic E-state index is 0.760. The van der Waals surface area contributed by atoms with E-state index in [1.54, 1.807) is 0 Å². The maximum Gasteiger partial charge on any atom is 0.204 e. The molecule has 1 nitrogen and oxygen atoms in total. The van der Waals surface area contributed by atoms with Crippen molar-refractivity contribution in [3.05, 3.63) is 29.3 Å². The van der Waals surface area contributed by atoms with Gasteiger partial charge in [0.1, 0.15) is 5.75 Å². The highest BCUT2D eigenvalue weighted by molar-refractivity contribution is 6.00. The minimum Gasteiger partial charge on any atom is -0.553 e. The summed E-state index contributed by atoms with van der Waals surface area (Å²) in [6.45, 7) is 4.08. The third kappa shape index (κ3) is 1.21. The third-order valence-corrected chi connectivity index (χ3v) is 1.93. The van der Waals surface area contributed by atoms with Crippen molar-refractivity contribution in [1.82, 2.24) is 0 Å². The fourth-order valence-corrected chi connectivity index (χ4v) is 1.70. The molecule has 0 aliphatic heterocycles. The van der Waals surface area contributed by atoms with Crippen molar-refractivity contribution in [1.29, 1.82) is 0 Å². The first-order chi connectivity index (χ1) is 4.75. The van der Waals surface area contributed by atoms with Gasteiger partial charge in [-0.1, -0.05) is 0 Å². The van der Waals surface area contributed by atoms with Crippen molar-refractivity contribution in [2.24, 2.45) is 0 Å². The first kappa shape index (κ1) is 7.35. The number of aryl methyl sites for hydroxylation is 2. The summed E-state index contributed by atoms with van der Waals surface area (Å²) in [4.78, 5) is 0. The SMILES string of the molecule is Cc1c[c]cc(C)c1O[SiH3]. The highest BCUT2D eigenvalue weighted by Gasteiger charge is 1.98. The van der Waals surface area contributed by atoms with Crippen LogP contribution in [0.4, 0.5) is 0 Å². The lowest BCUT2D eigenvalue weighted by molar-refractivity contribution is 0.604. The van der Waals surface area contributed by atoms with Crippen LogP contribution in [0.3, 0.4) is 0 Å². The number of benzene rings is 1. The van der Waals surface area contributed by atoms with Crippen molar-refractivity contribution in [3.63, 3.8) is 0 Å². The zero-order valence-electron chi connectivity index (χ0n) is 6.56. The molecule has 0 aromatic heterocycles. The highest BCUT2D eigenvalue weighted by Crippen LogP contribution is 2.20. The second-order valence-corrected chi connectivity index (χ2v) is 2.76. The van der Waals surface area contributed by atoms with Gasteiger partial charge in [0.25, 0.3) is 0 Å². The molecule has 2 heteroatoms. The Morgan fingerprint density at radius 3 is 2.10 bits per heavy atom. The van der Waals surface area contributed by atoms with Gasteiger partial charge in [0.15, 0.2) is 0 Å². The van der Waals surface area contributed by atoms with Crippen LogP contribution >= 0.6 is 0 Å². The van der Waals surface area contributed by atoms with Crippen molar-refractivity contribution in [3.8, 4) is 5.75 Å². The van der Waals surface area contributed by atoms with Gasteiger partial charge in [0.05, 0.1) is 0 Å². The van der Waals surface area contributed by atoms with Gasteiger partial charge in [-0.15, -0.1) is 0 Å². The Morgan fingerprint density at radius 1 is 1.30 bits per heavy atom. The molecular formula is C8H11OSi. The molecule has 0 bridgehead atoms. The lowest BCUT2D eigenvalue weighted by Crippen LogP contribution is -1.91. The summed E-state index contributed by atoms with van der Waals surface area (Å²) in [7, 11) is 0.760. The second kappa shape index (κ2) is 2.88. The van der Waals surface area contributed by atoms with E-state index >= 15 is 0 Å². The Balaban J connectivity index is 3.17. The van der Waals surface area contributed by atoms with E-state index in [-0.39, 0.29) is 0 Å². The van der Waals surface area contributed by atoms with Crippen molar-refractivity contribution in [2.75, 3.05) is 0 Å². The Kier molecular flexibility index (Phi) is 2.12. The molecule has 0 fully saturated rings. The standard InChI is InChI=1S/C8H11OSi/c1-6-4-3-5-7(2)8(6)9-10/h4-5H,1-2,10H3. The molecule has 0 saturated carbocycles. The molecular weight excluding hydrogens is 140 g/mol. The lowest BCUT2D eigenvalue weighted by Gasteiger charge is -2.06. The second-order valence-electron chi connectivity index (χ2n) is 2.35. The molecule has 0 aliphatic rings. The quantitative estimate of drug-likeness (QED) is 0.539. The van der Waals surface area contributed by atoms with Crippen LogP contribution < -0.4 is 4.43 Å². The van der Waals surface area contributed by atoms with Crippen LogP contribution in [0.15, 0.2) is 12.1 Å². The Hall–Kier alpha value is -0.763. The number of hydrogen-bond acceptors (Lipinski definition) is 1. The summed E-state index contributed by atoms with van der Waals surface area (Å²) in [5.74, 6) is 1.03. The molecule has 1 rings (SSSR count). The Bertz CT molecular complexity index is 212. The van der Waals surface area contributed by atoms with Gasteiger partial charge in [-0.25, -0.2) is 0 Å². The highest BCUT2D eigenvalue weighted by atomic mass is 28.2. The van der Waals surface area contributed by atoms with E-state index in [0.29, 0.717) is 0 Å². The van der Waals surface area contributed by atoms with Gasteiger partial charge >= 0.3 is 0 Å².